The lowest BCUT2D eigenvalue weighted by molar-refractivity contribution is -0.384. The quantitative estimate of drug-likeness (QED) is 0.631. The van der Waals surface area contributed by atoms with Crippen molar-refractivity contribution in [2.45, 2.75) is 26.9 Å². The number of carbonyl (C=O) groups excluding carboxylic acids is 2. The normalized spacial score (nSPS) is 11.3. The van der Waals surface area contributed by atoms with Crippen molar-refractivity contribution in [3.05, 3.63) is 69.3 Å². The number of ether oxygens (including phenoxy) is 1. The standard InChI is InChI=1S/C18H19N3O5/c1-11-7-8-16(9-12(11)2)26-13(3)17(22)19-20-18(23)14-5-4-6-15(10-14)21(24)25/h4-10,13H,1-3H3,(H,19,22)(H,20,23). The minimum absolute atomic E-state index is 0.0576. The molecule has 2 aromatic rings. The van der Waals surface area contributed by atoms with E-state index in [1.807, 2.05) is 26.0 Å². The van der Waals surface area contributed by atoms with Crippen molar-refractivity contribution in [1.82, 2.24) is 10.9 Å². The van der Waals surface area contributed by atoms with Gasteiger partial charge in [-0.1, -0.05) is 12.1 Å². The number of nitro benzene ring substituents is 1. The Bertz CT molecular complexity index is 850. The molecular weight excluding hydrogens is 338 g/mol. The number of carbonyl (C=O) groups is 2. The molecule has 8 nitrogen and oxygen atoms in total. The number of non-ortho nitro benzene ring substituents is 1. The summed E-state index contributed by atoms with van der Waals surface area (Å²) in [5.41, 5.74) is 6.44. The number of nitrogens with zero attached hydrogens (tertiary/aromatic N) is 1. The monoisotopic (exact) mass is 357 g/mol. The van der Waals surface area contributed by atoms with E-state index in [-0.39, 0.29) is 11.3 Å². The van der Waals surface area contributed by atoms with Crippen LogP contribution in [0.15, 0.2) is 42.5 Å². The molecule has 0 saturated carbocycles. The second-order valence-electron chi connectivity index (χ2n) is 5.76. The van der Waals surface area contributed by atoms with Crippen LogP contribution < -0.4 is 15.6 Å². The zero-order valence-corrected chi connectivity index (χ0v) is 14.6. The van der Waals surface area contributed by atoms with Gasteiger partial charge in [0, 0.05) is 17.7 Å². The Morgan fingerprint density at radius 3 is 2.46 bits per heavy atom. The average molecular weight is 357 g/mol. The van der Waals surface area contributed by atoms with Crippen molar-refractivity contribution in [1.29, 1.82) is 0 Å². The molecule has 0 bridgehead atoms. The van der Waals surface area contributed by atoms with Crippen molar-refractivity contribution in [3.63, 3.8) is 0 Å². The van der Waals surface area contributed by atoms with Crippen LogP contribution in [0.1, 0.15) is 28.4 Å². The zero-order valence-electron chi connectivity index (χ0n) is 14.6. The molecule has 136 valence electrons. The predicted octanol–water partition coefficient (Wildman–Crippen LogP) is 2.44. The fraction of sp³-hybridized carbons (Fsp3) is 0.222. The van der Waals surface area contributed by atoms with Gasteiger partial charge in [0.2, 0.25) is 0 Å². The highest BCUT2D eigenvalue weighted by Gasteiger charge is 2.17. The van der Waals surface area contributed by atoms with Gasteiger partial charge in [0.1, 0.15) is 5.75 Å². The molecule has 0 spiro atoms. The van der Waals surface area contributed by atoms with E-state index in [0.29, 0.717) is 5.75 Å². The third-order valence-electron chi connectivity index (χ3n) is 3.78. The SMILES string of the molecule is Cc1ccc(OC(C)C(=O)NNC(=O)c2cccc([N+](=O)[O-])c2)cc1C. The van der Waals surface area contributed by atoms with Crippen LogP contribution in [0, 0.1) is 24.0 Å². The second-order valence-corrected chi connectivity index (χ2v) is 5.76. The van der Waals surface area contributed by atoms with E-state index in [1.165, 1.54) is 18.2 Å². The summed E-state index contributed by atoms with van der Waals surface area (Å²) in [4.78, 5) is 34.2. The van der Waals surface area contributed by atoms with Crippen LogP contribution in [0.5, 0.6) is 5.75 Å². The first-order valence-electron chi connectivity index (χ1n) is 7.86. The minimum atomic E-state index is -0.845. The molecule has 8 heteroatoms. The third kappa shape index (κ3) is 4.79. The van der Waals surface area contributed by atoms with E-state index in [1.54, 1.807) is 13.0 Å². The minimum Gasteiger partial charge on any atom is -0.481 e. The number of hydrogen-bond acceptors (Lipinski definition) is 5. The van der Waals surface area contributed by atoms with Gasteiger partial charge in [0.05, 0.1) is 4.92 Å². The number of rotatable bonds is 5. The molecule has 0 aliphatic carbocycles. The van der Waals surface area contributed by atoms with Gasteiger partial charge in [-0.15, -0.1) is 0 Å². The highest BCUT2D eigenvalue weighted by Crippen LogP contribution is 2.17. The van der Waals surface area contributed by atoms with Crippen LogP contribution in [0.2, 0.25) is 0 Å². The highest BCUT2D eigenvalue weighted by atomic mass is 16.6. The maximum Gasteiger partial charge on any atom is 0.279 e. The molecule has 0 aliphatic rings. The van der Waals surface area contributed by atoms with Crippen molar-refractivity contribution in [2.75, 3.05) is 0 Å². The first kappa shape index (κ1) is 18.9. The third-order valence-corrected chi connectivity index (χ3v) is 3.78. The lowest BCUT2D eigenvalue weighted by Gasteiger charge is -2.16. The Morgan fingerprint density at radius 2 is 1.81 bits per heavy atom. The first-order valence-corrected chi connectivity index (χ1v) is 7.86. The largest absolute Gasteiger partial charge is 0.481 e. The van der Waals surface area contributed by atoms with Crippen LogP contribution in [-0.2, 0) is 4.79 Å². The number of hydrazine groups is 1. The molecule has 0 aliphatic heterocycles. The number of nitrogens with one attached hydrogen (secondary N) is 2. The molecule has 0 fully saturated rings. The topological polar surface area (TPSA) is 111 Å². The summed E-state index contributed by atoms with van der Waals surface area (Å²) in [6, 6.07) is 10.7. The molecule has 26 heavy (non-hydrogen) atoms. The summed E-state index contributed by atoms with van der Waals surface area (Å²) in [5.74, 6) is -0.678. The maximum atomic E-state index is 12.1. The van der Waals surface area contributed by atoms with Gasteiger partial charge in [-0.2, -0.15) is 0 Å². The molecule has 0 saturated heterocycles. The number of aryl methyl sites for hydroxylation is 2. The Labute approximate surface area is 150 Å². The smallest absolute Gasteiger partial charge is 0.279 e. The van der Waals surface area contributed by atoms with E-state index in [2.05, 4.69) is 10.9 Å². The molecule has 1 unspecified atom stereocenters. The van der Waals surface area contributed by atoms with Gasteiger partial charge in [-0.25, -0.2) is 0 Å². The van der Waals surface area contributed by atoms with Gasteiger partial charge in [0.25, 0.3) is 17.5 Å². The summed E-state index contributed by atoms with van der Waals surface area (Å²) >= 11 is 0. The summed E-state index contributed by atoms with van der Waals surface area (Å²) < 4.78 is 5.55. The molecule has 2 N–H and O–H groups in total. The second kappa shape index (κ2) is 8.11. The fourth-order valence-electron chi connectivity index (χ4n) is 2.10. The summed E-state index contributed by atoms with van der Waals surface area (Å²) in [6.45, 7) is 5.45. The Balaban J connectivity index is 1.92. The van der Waals surface area contributed by atoms with E-state index in [0.717, 1.165) is 17.2 Å². The molecule has 0 heterocycles. The summed E-state index contributed by atoms with van der Waals surface area (Å²) in [5, 5.41) is 10.7. The number of hydrogen-bond donors (Lipinski definition) is 2. The molecule has 2 aromatic carbocycles. The molecule has 0 aromatic heterocycles. The fourth-order valence-corrected chi connectivity index (χ4v) is 2.10. The lowest BCUT2D eigenvalue weighted by Crippen LogP contribution is -2.47. The molecule has 2 amide bonds. The average Bonchev–Trinajstić information content (AvgIpc) is 2.62. The summed E-state index contributed by atoms with van der Waals surface area (Å²) in [7, 11) is 0. The Morgan fingerprint density at radius 1 is 1.08 bits per heavy atom. The van der Waals surface area contributed by atoms with Crippen LogP contribution in [0.3, 0.4) is 0 Å². The van der Waals surface area contributed by atoms with Crippen LogP contribution in [0.25, 0.3) is 0 Å². The molecule has 2 rings (SSSR count). The van der Waals surface area contributed by atoms with Crippen LogP contribution >= 0.6 is 0 Å². The van der Waals surface area contributed by atoms with E-state index >= 15 is 0 Å². The maximum absolute atomic E-state index is 12.1. The lowest BCUT2D eigenvalue weighted by atomic mass is 10.1. The predicted molar refractivity (Wildman–Crippen MR) is 94.7 cm³/mol. The van der Waals surface area contributed by atoms with Gasteiger partial charge < -0.3 is 4.74 Å². The molecule has 1 atom stereocenters. The Kier molecular flexibility index (Phi) is 5.90. The van der Waals surface area contributed by atoms with E-state index in [9.17, 15) is 19.7 Å². The van der Waals surface area contributed by atoms with Gasteiger partial charge in [-0.3, -0.25) is 30.6 Å². The zero-order chi connectivity index (χ0) is 19.3. The van der Waals surface area contributed by atoms with Crippen LogP contribution in [0.4, 0.5) is 5.69 Å². The van der Waals surface area contributed by atoms with E-state index < -0.39 is 22.8 Å². The Hall–Kier alpha value is -3.42. The van der Waals surface area contributed by atoms with Crippen molar-refractivity contribution < 1.29 is 19.2 Å². The van der Waals surface area contributed by atoms with E-state index in [4.69, 9.17) is 4.74 Å². The first-order chi connectivity index (χ1) is 12.3. The molecule has 0 radical (unpaired) electrons. The van der Waals surface area contributed by atoms with Crippen molar-refractivity contribution in [2.24, 2.45) is 0 Å². The number of nitro groups is 1. The van der Waals surface area contributed by atoms with Gasteiger partial charge in [-0.05, 0) is 50.1 Å². The van der Waals surface area contributed by atoms with Crippen molar-refractivity contribution in [3.8, 4) is 5.75 Å². The van der Waals surface area contributed by atoms with Crippen LogP contribution in [-0.4, -0.2) is 22.8 Å². The molecular formula is C18H19N3O5. The van der Waals surface area contributed by atoms with Gasteiger partial charge in [0.15, 0.2) is 6.10 Å². The number of benzene rings is 2. The number of amides is 2. The summed E-state index contributed by atoms with van der Waals surface area (Å²) in [6.07, 6.45) is -0.845. The van der Waals surface area contributed by atoms with Gasteiger partial charge >= 0.3 is 0 Å². The highest BCUT2D eigenvalue weighted by molar-refractivity contribution is 5.96. The van der Waals surface area contributed by atoms with Crippen molar-refractivity contribution >= 4 is 17.5 Å².